The number of hydrogen-bond donors (Lipinski definition) is 4. The molecular formula is C30H37N5O5. The SMILES string of the molecule is CC(=N)N1CCC(Oc2ccc(C(=O)N[C@@H](COc3cc(C(=N)N)ccc3/C=C/C(C)=O)CC(C)=O)cc2)CC1. The number of piperidine rings is 1. The van der Waals surface area contributed by atoms with Gasteiger partial charge < -0.3 is 25.4 Å². The highest BCUT2D eigenvalue weighted by Gasteiger charge is 2.21. The van der Waals surface area contributed by atoms with Crippen molar-refractivity contribution in [1.82, 2.24) is 10.2 Å². The summed E-state index contributed by atoms with van der Waals surface area (Å²) in [7, 11) is 0. The third-order valence-corrected chi connectivity index (χ3v) is 6.47. The van der Waals surface area contributed by atoms with Crippen LogP contribution in [0.2, 0.25) is 0 Å². The Hall–Kier alpha value is -4.47. The highest BCUT2D eigenvalue weighted by Crippen LogP contribution is 2.23. The van der Waals surface area contributed by atoms with E-state index >= 15 is 0 Å². The monoisotopic (exact) mass is 547 g/mol. The number of nitrogens with one attached hydrogen (secondary N) is 3. The van der Waals surface area contributed by atoms with Gasteiger partial charge in [-0.1, -0.05) is 12.1 Å². The highest BCUT2D eigenvalue weighted by molar-refractivity contribution is 5.96. The smallest absolute Gasteiger partial charge is 0.251 e. The van der Waals surface area contributed by atoms with Gasteiger partial charge in [0.2, 0.25) is 0 Å². The first-order valence-corrected chi connectivity index (χ1v) is 13.2. The zero-order chi connectivity index (χ0) is 29.2. The molecule has 1 amide bonds. The number of nitrogen functional groups attached to an aromatic ring is 1. The number of carbonyl (C=O) groups is 3. The third kappa shape index (κ3) is 9.07. The maximum Gasteiger partial charge on any atom is 0.251 e. The molecule has 0 radical (unpaired) electrons. The largest absolute Gasteiger partial charge is 0.491 e. The van der Waals surface area contributed by atoms with Crippen molar-refractivity contribution in [2.75, 3.05) is 19.7 Å². The maximum atomic E-state index is 13.0. The van der Waals surface area contributed by atoms with Crippen molar-refractivity contribution in [2.45, 2.75) is 52.2 Å². The molecule has 0 aliphatic carbocycles. The number of amidine groups is 2. The Labute approximate surface area is 234 Å². The standard InChI is InChI=1S/C30H37N5O5/c1-19(36)4-5-22-6-7-24(29(32)33)17-28(22)39-18-25(16-20(2)37)34-30(38)23-8-10-26(11-9-23)40-27-12-14-35(15-13-27)21(3)31/h4-11,17,25,27,31H,12-16,18H2,1-3H3,(H3,32,33)(H,34,38)/b5-4+,31-21?/t25-/m1/s1. The van der Waals surface area contributed by atoms with Crippen molar-refractivity contribution in [1.29, 1.82) is 10.8 Å². The molecule has 2 aromatic rings. The van der Waals surface area contributed by atoms with E-state index in [9.17, 15) is 14.4 Å². The number of allylic oxidation sites excluding steroid dienone is 1. The minimum absolute atomic E-state index is 0.0112. The average molecular weight is 548 g/mol. The first-order chi connectivity index (χ1) is 19.0. The second-order valence-corrected chi connectivity index (χ2v) is 9.91. The van der Waals surface area contributed by atoms with Crippen LogP contribution in [0, 0.1) is 10.8 Å². The van der Waals surface area contributed by atoms with Gasteiger partial charge in [-0.2, -0.15) is 0 Å². The number of rotatable bonds is 12. The highest BCUT2D eigenvalue weighted by atomic mass is 16.5. The van der Waals surface area contributed by atoms with Crippen LogP contribution in [0.1, 0.15) is 61.5 Å². The molecule has 1 aliphatic rings. The summed E-state index contributed by atoms with van der Waals surface area (Å²) < 4.78 is 12.0. The molecule has 0 bridgehead atoms. The van der Waals surface area contributed by atoms with E-state index in [2.05, 4.69) is 5.32 Å². The summed E-state index contributed by atoms with van der Waals surface area (Å²) in [5, 5.41) is 18.3. The number of likely N-dealkylation sites (tertiary alicyclic amines) is 1. The number of nitrogens with two attached hydrogens (primary N) is 1. The van der Waals surface area contributed by atoms with Gasteiger partial charge >= 0.3 is 0 Å². The van der Waals surface area contributed by atoms with Gasteiger partial charge in [0.1, 0.15) is 35.8 Å². The quantitative estimate of drug-likeness (QED) is 0.180. The summed E-state index contributed by atoms with van der Waals surface area (Å²) in [5.74, 6) is 0.860. The first-order valence-electron chi connectivity index (χ1n) is 13.2. The average Bonchev–Trinajstić information content (AvgIpc) is 2.91. The van der Waals surface area contributed by atoms with Gasteiger partial charge in [0.05, 0.1) is 11.9 Å². The lowest BCUT2D eigenvalue weighted by molar-refractivity contribution is -0.117. The molecular weight excluding hydrogens is 510 g/mol. The number of nitrogens with zero attached hydrogens (tertiary/aromatic N) is 1. The van der Waals surface area contributed by atoms with Crippen LogP contribution >= 0.6 is 0 Å². The number of benzene rings is 2. The van der Waals surface area contributed by atoms with E-state index in [1.807, 2.05) is 4.90 Å². The van der Waals surface area contributed by atoms with E-state index in [1.165, 1.54) is 19.9 Å². The fourth-order valence-electron chi connectivity index (χ4n) is 4.32. The molecule has 10 nitrogen and oxygen atoms in total. The molecule has 0 aromatic heterocycles. The Bertz CT molecular complexity index is 1280. The summed E-state index contributed by atoms with van der Waals surface area (Å²) in [5.41, 5.74) is 7.08. The van der Waals surface area contributed by atoms with Crippen LogP contribution in [0.3, 0.4) is 0 Å². The van der Waals surface area contributed by atoms with E-state index in [4.69, 9.17) is 26.0 Å². The van der Waals surface area contributed by atoms with E-state index in [1.54, 1.807) is 55.5 Å². The summed E-state index contributed by atoms with van der Waals surface area (Å²) >= 11 is 0. The van der Waals surface area contributed by atoms with Crippen molar-refractivity contribution in [3.8, 4) is 11.5 Å². The lowest BCUT2D eigenvalue weighted by atomic mass is 10.1. The number of hydrogen-bond acceptors (Lipinski definition) is 7. The van der Waals surface area contributed by atoms with E-state index in [0.29, 0.717) is 34.0 Å². The molecule has 2 aromatic carbocycles. The summed E-state index contributed by atoms with van der Waals surface area (Å²) in [6, 6.07) is 11.2. The van der Waals surface area contributed by atoms with E-state index < -0.39 is 6.04 Å². The van der Waals surface area contributed by atoms with Gasteiger partial charge in [-0.3, -0.25) is 25.2 Å². The molecule has 1 heterocycles. The first kappa shape index (κ1) is 30.1. The summed E-state index contributed by atoms with van der Waals surface area (Å²) in [6.07, 6.45) is 4.77. The van der Waals surface area contributed by atoms with Gasteiger partial charge in [0, 0.05) is 49.0 Å². The zero-order valence-corrected chi connectivity index (χ0v) is 23.2. The van der Waals surface area contributed by atoms with E-state index in [0.717, 1.165) is 25.9 Å². The number of ether oxygens (including phenoxy) is 2. The maximum absolute atomic E-state index is 13.0. The predicted molar refractivity (Wildman–Crippen MR) is 154 cm³/mol. The Morgan fingerprint density at radius 1 is 1.05 bits per heavy atom. The van der Waals surface area contributed by atoms with Crippen molar-refractivity contribution in [3.05, 3.63) is 65.2 Å². The predicted octanol–water partition coefficient (Wildman–Crippen LogP) is 3.57. The Kier molecular flexibility index (Phi) is 10.6. The molecule has 0 spiro atoms. The van der Waals surface area contributed by atoms with Crippen LogP contribution in [0.4, 0.5) is 0 Å². The topological polar surface area (TPSA) is 159 Å². The van der Waals surface area contributed by atoms with Gasteiger partial charge in [-0.25, -0.2) is 0 Å². The molecule has 10 heteroatoms. The second kappa shape index (κ2) is 14.1. The molecule has 5 N–H and O–H groups in total. The normalized spacial score (nSPS) is 14.4. The number of ketones is 2. The molecule has 1 aliphatic heterocycles. The number of carbonyl (C=O) groups excluding carboxylic acids is 3. The number of Topliss-reactive ketones (excluding diaryl/α,β-unsaturated/α-hetero) is 1. The van der Waals surface area contributed by atoms with Crippen molar-refractivity contribution >= 4 is 35.2 Å². The summed E-state index contributed by atoms with van der Waals surface area (Å²) in [4.78, 5) is 38.4. The minimum Gasteiger partial charge on any atom is -0.491 e. The van der Waals surface area contributed by atoms with Crippen LogP contribution in [0.15, 0.2) is 48.5 Å². The molecule has 1 atom stereocenters. The summed E-state index contributed by atoms with van der Waals surface area (Å²) in [6.45, 7) is 6.22. The second-order valence-electron chi connectivity index (χ2n) is 9.91. The fourth-order valence-corrected chi connectivity index (χ4v) is 4.32. The van der Waals surface area contributed by atoms with Crippen LogP contribution in [-0.4, -0.2) is 65.9 Å². The lowest BCUT2D eigenvalue weighted by Crippen LogP contribution is -2.40. The zero-order valence-electron chi connectivity index (χ0n) is 23.2. The lowest BCUT2D eigenvalue weighted by Gasteiger charge is -2.32. The van der Waals surface area contributed by atoms with Gasteiger partial charge in [-0.15, -0.1) is 0 Å². The van der Waals surface area contributed by atoms with Crippen LogP contribution in [0.25, 0.3) is 6.08 Å². The molecule has 1 fully saturated rings. The molecule has 1 saturated heterocycles. The molecule has 3 rings (SSSR count). The Balaban J connectivity index is 1.64. The van der Waals surface area contributed by atoms with Crippen LogP contribution < -0.4 is 20.5 Å². The molecule has 0 saturated carbocycles. The van der Waals surface area contributed by atoms with E-state index in [-0.39, 0.29) is 42.4 Å². The van der Waals surface area contributed by atoms with Gasteiger partial charge in [-0.05, 0) is 63.3 Å². The van der Waals surface area contributed by atoms with Crippen molar-refractivity contribution in [3.63, 3.8) is 0 Å². The van der Waals surface area contributed by atoms with Gasteiger partial charge in [0.15, 0.2) is 5.78 Å². The molecule has 0 unspecified atom stereocenters. The van der Waals surface area contributed by atoms with Gasteiger partial charge in [0.25, 0.3) is 5.91 Å². The van der Waals surface area contributed by atoms with Crippen molar-refractivity contribution in [2.24, 2.45) is 5.73 Å². The molecule has 40 heavy (non-hydrogen) atoms. The van der Waals surface area contributed by atoms with Crippen LogP contribution in [-0.2, 0) is 9.59 Å². The number of amides is 1. The minimum atomic E-state index is -0.617. The third-order valence-electron chi connectivity index (χ3n) is 6.47. The fraction of sp³-hybridized carbons (Fsp3) is 0.367. The van der Waals surface area contributed by atoms with Crippen molar-refractivity contribution < 1.29 is 23.9 Å². The Morgan fingerprint density at radius 2 is 1.70 bits per heavy atom. The van der Waals surface area contributed by atoms with Crippen LogP contribution in [0.5, 0.6) is 11.5 Å². The molecule has 212 valence electrons. The Morgan fingerprint density at radius 3 is 2.27 bits per heavy atom.